The average Bonchev–Trinajstić information content (AvgIpc) is 2.84. The molecule has 1 heterocycles. The van der Waals surface area contributed by atoms with Gasteiger partial charge in [-0.3, -0.25) is 0 Å². The van der Waals surface area contributed by atoms with Gasteiger partial charge in [-0.2, -0.15) is 4.98 Å². The summed E-state index contributed by atoms with van der Waals surface area (Å²) in [6, 6.07) is 12.2. The Morgan fingerprint density at radius 3 is 2.89 bits per heavy atom. The van der Waals surface area contributed by atoms with Gasteiger partial charge in [0.15, 0.2) is 5.82 Å². The van der Waals surface area contributed by atoms with E-state index in [9.17, 15) is 0 Å². The molecule has 1 aromatic heterocycles. The number of hydrogen-bond donors (Lipinski definition) is 1. The van der Waals surface area contributed by atoms with Crippen LogP contribution in [0.5, 0.6) is 5.75 Å². The molecular formula is C14H13N3O2. The van der Waals surface area contributed by atoms with Crippen LogP contribution >= 0.6 is 0 Å². The summed E-state index contributed by atoms with van der Waals surface area (Å²) >= 11 is 0. The van der Waals surface area contributed by atoms with Gasteiger partial charge >= 0.3 is 6.01 Å². The van der Waals surface area contributed by atoms with Crippen molar-refractivity contribution >= 4 is 16.8 Å². The summed E-state index contributed by atoms with van der Waals surface area (Å²) in [5.74, 6) is 1.40. The van der Waals surface area contributed by atoms with Crippen LogP contribution in [0.25, 0.3) is 10.8 Å². The van der Waals surface area contributed by atoms with Crippen LogP contribution < -0.4 is 10.5 Å². The Balaban J connectivity index is 2.06. The number of nitrogens with zero attached hydrogens (tertiary/aromatic N) is 2. The molecule has 0 radical (unpaired) electrons. The molecule has 19 heavy (non-hydrogen) atoms. The van der Waals surface area contributed by atoms with E-state index >= 15 is 0 Å². The van der Waals surface area contributed by atoms with Crippen molar-refractivity contribution in [2.45, 2.75) is 6.42 Å². The molecule has 0 bridgehead atoms. The molecular weight excluding hydrogens is 242 g/mol. The van der Waals surface area contributed by atoms with Gasteiger partial charge in [0.2, 0.25) is 0 Å². The molecule has 0 fully saturated rings. The standard InChI is InChI=1S/C14H13N3O2/c1-18-11-6-5-9-3-2-4-10(12(9)8-11)7-13-16-14(15)19-17-13/h2-6,8H,7H2,1H3,(H2,15,16,17). The second-order valence-corrected chi connectivity index (χ2v) is 4.23. The van der Waals surface area contributed by atoms with Crippen LogP contribution in [0, 0.1) is 0 Å². The van der Waals surface area contributed by atoms with Gasteiger partial charge in [0.05, 0.1) is 7.11 Å². The molecule has 0 unspecified atom stereocenters. The van der Waals surface area contributed by atoms with Crippen molar-refractivity contribution in [1.82, 2.24) is 10.1 Å². The van der Waals surface area contributed by atoms with Crippen LogP contribution in [-0.2, 0) is 6.42 Å². The number of aromatic nitrogens is 2. The molecule has 0 aliphatic rings. The van der Waals surface area contributed by atoms with Crippen molar-refractivity contribution in [3.05, 3.63) is 47.8 Å². The number of nitrogens with two attached hydrogens (primary N) is 1. The lowest BCUT2D eigenvalue weighted by molar-refractivity contribution is 0.415. The lowest BCUT2D eigenvalue weighted by Crippen LogP contribution is -1.93. The number of fused-ring (bicyclic) bond motifs is 1. The Labute approximate surface area is 110 Å². The fraction of sp³-hybridized carbons (Fsp3) is 0.143. The van der Waals surface area contributed by atoms with Gasteiger partial charge in [-0.25, -0.2) is 0 Å². The molecule has 96 valence electrons. The molecule has 0 amide bonds. The van der Waals surface area contributed by atoms with Gasteiger partial charge in [0.25, 0.3) is 0 Å². The number of ether oxygens (including phenoxy) is 1. The van der Waals surface area contributed by atoms with Gasteiger partial charge in [0, 0.05) is 6.42 Å². The van der Waals surface area contributed by atoms with Crippen molar-refractivity contribution in [1.29, 1.82) is 0 Å². The molecule has 0 saturated carbocycles. The third-order valence-electron chi connectivity index (χ3n) is 3.01. The molecule has 0 aliphatic carbocycles. The summed E-state index contributed by atoms with van der Waals surface area (Å²) in [6.07, 6.45) is 0.575. The van der Waals surface area contributed by atoms with Crippen molar-refractivity contribution < 1.29 is 9.26 Å². The molecule has 5 nitrogen and oxygen atoms in total. The van der Waals surface area contributed by atoms with E-state index in [0.717, 1.165) is 22.1 Å². The van der Waals surface area contributed by atoms with Gasteiger partial charge in [-0.05, 0) is 28.5 Å². The lowest BCUT2D eigenvalue weighted by Gasteiger charge is -2.06. The molecule has 3 aromatic rings. The maximum Gasteiger partial charge on any atom is 0.318 e. The monoisotopic (exact) mass is 255 g/mol. The molecule has 2 aromatic carbocycles. The zero-order valence-corrected chi connectivity index (χ0v) is 10.5. The SMILES string of the molecule is COc1ccc2cccc(Cc3noc(N)n3)c2c1. The minimum Gasteiger partial charge on any atom is -0.497 e. The Hall–Kier alpha value is -2.56. The number of benzene rings is 2. The highest BCUT2D eigenvalue weighted by Gasteiger charge is 2.08. The number of methoxy groups -OCH3 is 1. The molecule has 3 rings (SSSR count). The number of anilines is 1. The van der Waals surface area contributed by atoms with Crippen molar-refractivity contribution in [3.63, 3.8) is 0 Å². The van der Waals surface area contributed by atoms with Gasteiger partial charge in [-0.1, -0.05) is 29.4 Å². The van der Waals surface area contributed by atoms with Crippen molar-refractivity contribution in [2.75, 3.05) is 12.8 Å². The first-order valence-electron chi connectivity index (χ1n) is 5.90. The molecule has 2 N–H and O–H groups in total. The van der Waals surface area contributed by atoms with Crippen LogP contribution in [0.3, 0.4) is 0 Å². The minimum absolute atomic E-state index is 0.0906. The first-order chi connectivity index (χ1) is 9.26. The van der Waals surface area contributed by atoms with E-state index in [4.69, 9.17) is 15.0 Å². The Kier molecular flexibility index (Phi) is 2.79. The summed E-state index contributed by atoms with van der Waals surface area (Å²) < 4.78 is 10.0. The minimum atomic E-state index is 0.0906. The second-order valence-electron chi connectivity index (χ2n) is 4.23. The second kappa shape index (κ2) is 4.61. The largest absolute Gasteiger partial charge is 0.497 e. The highest BCUT2D eigenvalue weighted by Crippen LogP contribution is 2.25. The third-order valence-corrected chi connectivity index (χ3v) is 3.01. The van der Waals surface area contributed by atoms with Gasteiger partial charge in [0.1, 0.15) is 5.75 Å². The zero-order valence-electron chi connectivity index (χ0n) is 10.5. The van der Waals surface area contributed by atoms with Crippen molar-refractivity contribution in [2.24, 2.45) is 0 Å². The summed E-state index contributed by atoms with van der Waals surface area (Å²) in [5, 5.41) is 6.08. The Bertz CT molecular complexity index is 722. The van der Waals surface area contributed by atoms with Crippen LogP contribution in [0.15, 0.2) is 40.9 Å². The Morgan fingerprint density at radius 1 is 1.26 bits per heavy atom. The first-order valence-corrected chi connectivity index (χ1v) is 5.90. The summed E-state index contributed by atoms with van der Waals surface area (Å²) in [6.45, 7) is 0. The Morgan fingerprint density at radius 2 is 2.16 bits per heavy atom. The lowest BCUT2D eigenvalue weighted by atomic mass is 10.0. The molecule has 0 saturated heterocycles. The van der Waals surface area contributed by atoms with E-state index in [-0.39, 0.29) is 6.01 Å². The van der Waals surface area contributed by atoms with E-state index in [0.29, 0.717) is 12.2 Å². The maximum atomic E-state index is 5.43. The van der Waals surface area contributed by atoms with Crippen LogP contribution in [0.1, 0.15) is 11.4 Å². The van der Waals surface area contributed by atoms with Gasteiger partial charge < -0.3 is 15.0 Å². The normalized spacial score (nSPS) is 10.8. The molecule has 0 spiro atoms. The summed E-state index contributed by atoms with van der Waals surface area (Å²) in [4.78, 5) is 4.02. The smallest absolute Gasteiger partial charge is 0.318 e. The maximum absolute atomic E-state index is 5.43. The van der Waals surface area contributed by atoms with E-state index in [1.807, 2.05) is 30.3 Å². The highest BCUT2D eigenvalue weighted by atomic mass is 16.5. The fourth-order valence-corrected chi connectivity index (χ4v) is 2.11. The van der Waals surface area contributed by atoms with E-state index in [1.54, 1.807) is 7.11 Å². The number of hydrogen-bond acceptors (Lipinski definition) is 5. The first kappa shape index (κ1) is 11.5. The fourth-order valence-electron chi connectivity index (χ4n) is 2.11. The predicted molar refractivity (Wildman–Crippen MR) is 72.0 cm³/mol. The van der Waals surface area contributed by atoms with Crippen molar-refractivity contribution in [3.8, 4) is 5.75 Å². The van der Waals surface area contributed by atoms with E-state index < -0.39 is 0 Å². The molecule has 0 atom stereocenters. The van der Waals surface area contributed by atoms with Crippen LogP contribution in [0.2, 0.25) is 0 Å². The molecule has 0 aliphatic heterocycles. The summed E-state index contributed by atoms with van der Waals surface area (Å²) in [5.41, 5.74) is 6.54. The number of nitrogen functional groups attached to an aromatic ring is 1. The predicted octanol–water partition coefficient (Wildman–Crippen LogP) is 2.40. The van der Waals surface area contributed by atoms with Crippen LogP contribution in [-0.4, -0.2) is 17.3 Å². The van der Waals surface area contributed by atoms with Crippen LogP contribution in [0.4, 0.5) is 6.01 Å². The van der Waals surface area contributed by atoms with E-state index in [1.165, 1.54) is 0 Å². The third kappa shape index (κ3) is 2.22. The highest BCUT2D eigenvalue weighted by molar-refractivity contribution is 5.87. The molecule has 5 heteroatoms. The van der Waals surface area contributed by atoms with E-state index in [2.05, 4.69) is 16.2 Å². The van der Waals surface area contributed by atoms with Gasteiger partial charge in [-0.15, -0.1) is 0 Å². The number of rotatable bonds is 3. The summed E-state index contributed by atoms with van der Waals surface area (Å²) in [7, 11) is 1.66. The quantitative estimate of drug-likeness (QED) is 0.777. The average molecular weight is 255 g/mol. The zero-order chi connectivity index (χ0) is 13.2. The topological polar surface area (TPSA) is 74.2 Å².